The maximum Gasteiger partial charge on any atom is 0.315 e. The van der Waals surface area contributed by atoms with Crippen molar-refractivity contribution in [2.24, 2.45) is 5.41 Å². The molecular weight excluding hydrogens is 307 g/mol. The van der Waals surface area contributed by atoms with Gasteiger partial charge in [-0.3, -0.25) is 0 Å². The summed E-state index contributed by atoms with van der Waals surface area (Å²) in [7, 11) is 0. The van der Waals surface area contributed by atoms with Crippen LogP contribution in [0.4, 0.5) is 9.18 Å². The lowest BCUT2D eigenvalue weighted by molar-refractivity contribution is 0.127. The topological polar surface area (TPSA) is 61.4 Å². The van der Waals surface area contributed by atoms with Crippen molar-refractivity contribution in [3.05, 3.63) is 35.1 Å². The van der Waals surface area contributed by atoms with Crippen LogP contribution in [0.5, 0.6) is 0 Å². The van der Waals surface area contributed by atoms with E-state index in [0.717, 1.165) is 43.2 Å². The number of halogens is 1. The van der Waals surface area contributed by atoms with Crippen LogP contribution in [0.15, 0.2) is 18.2 Å². The number of urea groups is 1. The Morgan fingerprint density at radius 2 is 2.08 bits per heavy atom. The lowest BCUT2D eigenvalue weighted by atomic mass is 9.72. The van der Waals surface area contributed by atoms with Gasteiger partial charge in [-0.05, 0) is 60.8 Å². The molecule has 0 heterocycles. The molecule has 5 heteroatoms. The fourth-order valence-electron chi connectivity index (χ4n) is 4.27. The van der Waals surface area contributed by atoms with Crippen molar-refractivity contribution in [1.29, 1.82) is 0 Å². The summed E-state index contributed by atoms with van der Waals surface area (Å²) in [4.78, 5) is 12.3. The maximum absolute atomic E-state index is 13.3. The minimum Gasteiger partial charge on any atom is -0.396 e. The number of carbonyl (C=O) groups is 1. The third-order valence-corrected chi connectivity index (χ3v) is 5.67. The lowest BCUT2D eigenvalue weighted by Crippen LogP contribution is -2.44. The third-order valence-electron chi connectivity index (χ3n) is 5.67. The number of benzene rings is 1. The number of amides is 2. The molecule has 4 nitrogen and oxygen atoms in total. The van der Waals surface area contributed by atoms with Crippen LogP contribution in [0.1, 0.15) is 62.1 Å². The molecule has 132 valence electrons. The summed E-state index contributed by atoms with van der Waals surface area (Å²) in [5.74, 6) is -0.220. The first-order chi connectivity index (χ1) is 11.6. The first-order valence-corrected chi connectivity index (χ1v) is 9.05. The number of aliphatic hydroxyl groups is 1. The molecule has 3 N–H and O–H groups in total. The Kier molecular flexibility index (Phi) is 5.39. The van der Waals surface area contributed by atoms with E-state index in [2.05, 4.69) is 10.6 Å². The molecule has 0 saturated heterocycles. The van der Waals surface area contributed by atoms with Crippen LogP contribution in [-0.2, 0) is 6.42 Å². The molecule has 1 aromatic rings. The van der Waals surface area contributed by atoms with E-state index < -0.39 is 0 Å². The minimum absolute atomic E-state index is 0.0410. The van der Waals surface area contributed by atoms with Gasteiger partial charge in [0.25, 0.3) is 0 Å². The van der Waals surface area contributed by atoms with Crippen LogP contribution in [0.3, 0.4) is 0 Å². The smallest absolute Gasteiger partial charge is 0.315 e. The zero-order chi connectivity index (χ0) is 17.0. The van der Waals surface area contributed by atoms with Gasteiger partial charge in [0.15, 0.2) is 0 Å². The number of hydrogen-bond donors (Lipinski definition) is 3. The highest BCUT2D eigenvalue weighted by Gasteiger charge is 2.32. The van der Waals surface area contributed by atoms with Gasteiger partial charge >= 0.3 is 6.03 Å². The van der Waals surface area contributed by atoms with E-state index in [1.165, 1.54) is 25.3 Å². The Bertz CT molecular complexity index is 579. The molecule has 1 fully saturated rings. The van der Waals surface area contributed by atoms with Crippen LogP contribution in [0.2, 0.25) is 0 Å². The van der Waals surface area contributed by atoms with Crippen molar-refractivity contribution >= 4 is 6.03 Å². The standard InChI is InChI=1S/C19H27FN2O2/c20-15-5-6-16-14(12-15)4-7-17(16)22-18(24)21-13-19(10-11-23)8-2-1-3-9-19/h5-6,12,17,23H,1-4,7-11,13H2,(H2,21,22,24). The van der Waals surface area contributed by atoms with Crippen LogP contribution in [-0.4, -0.2) is 24.3 Å². The highest BCUT2D eigenvalue weighted by molar-refractivity contribution is 5.74. The number of rotatable bonds is 5. The number of aryl methyl sites for hydroxylation is 1. The SMILES string of the molecule is O=C(NCC1(CCO)CCCCC1)NC1CCc2cc(F)ccc21. The summed E-state index contributed by atoms with van der Waals surface area (Å²) in [5, 5.41) is 15.4. The molecule has 0 spiro atoms. The van der Waals surface area contributed by atoms with Crippen LogP contribution in [0.25, 0.3) is 0 Å². The highest BCUT2D eigenvalue weighted by atomic mass is 19.1. The van der Waals surface area contributed by atoms with E-state index in [9.17, 15) is 14.3 Å². The Hall–Kier alpha value is -1.62. The monoisotopic (exact) mass is 334 g/mol. The fraction of sp³-hybridized carbons (Fsp3) is 0.632. The van der Waals surface area contributed by atoms with Gasteiger partial charge < -0.3 is 15.7 Å². The van der Waals surface area contributed by atoms with Gasteiger partial charge in [-0.1, -0.05) is 25.3 Å². The van der Waals surface area contributed by atoms with E-state index in [1.54, 1.807) is 12.1 Å². The summed E-state index contributed by atoms with van der Waals surface area (Å²) in [6.07, 6.45) is 8.09. The summed E-state index contributed by atoms with van der Waals surface area (Å²) < 4.78 is 13.3. The predicted molar refractivity (Wildman–Crippen MR) is 91.2 cm³/mol. The lowest BCUT2D eigenvalue weighted by Gasteiger charge is -2.37. The zero-order valence-corrected chi connectivity index (χ0v) is 14.1. The number of carbonyl (C=O) groups excluding carboxylic acids is 1. The molecule has 0 bridgehead atoms. The molecule has 0 aromatic heterocycles. The second-order valence-corrected chi connectivity index (χ2v) is 7.30. The van der Waals surface area contributed by atoms with Gasteiger partial charge in [-0.15, -0.1) is 0 Å². The average molecular weight is 334 g/mol. The van der Waals surface area contributed by atoms with Crippen LogP contribution >= 0.6 is 0 Å². The van der Waals surface area contributed by atoms with Gasteiger partial charge in [-0.2, -0.15) is 0 Å². The van der Waals surface area contributed by atoms with Crippen molar-refractivity contribution in [1.82, 2.24) is 10.6 Å². The van der Waals surface area contributed by atoms with E-state index in [1.807, 2.05) is 0 Å². The molecule has 2 amide bonds. The van der Waals surface area contributed by atoms with Gasteiger partial charge in [0.1, 0.15) is 5.82 Å². The maximum atomic E-state index is 13.3. The first kappa shape index (κ1) is 17.2. The normalized spacial score (nSPS) is 22.0. The summed E-state index contributed by atoms with van der Waals surface area (Å²) in [5.41, 5.74) is 2.06. The van der Waals surface area contributed by atoms with E-state index >= 15 is 0 Å². The van der Waals surface area contributed by atoms with Crippen LogP contribution < -0.4 is 10.6 Å². The molecule has 3 rings (SSSR count). The second-order valence-electron chi connectivity index (χ2n) is 7.30. The summed E-state index contributed by atoms with van der Waals surface area (Å²) >= 11 is 0. The van der Waals surface area contributed by atoms with Gasteiger partial charge in [0, 0.05) is 13.2 Å². The van der Waals surface area contributed by atoms with Crippen molar-refractivity contribution < 1.29 is 14.3 Å². The number of hydrogen-bond acceptors (Lipinski definition) is 2. The molecule has 1 atom stereocenters. The zero-order valence-electron chi connectivity index (χ0n) is 14.1. The number of nitrogens with one attached hydrogen (secondary N) is 2. The molecule has 1 aromatic carbocycles. The largest absolute Gasteiger partial charge is 0.396 e. The van der Waals surface area contributed by atoms with E-state index in [-0.39, 0.29) is 29.9 Å². The molecule has 2 aliphatic carbocycles. The molecule has 0 aliphatic heterocycles. The second kappa shape index (κ2) is 7.51. The summed E-state index contributed by atoms with van der Waals surface area (Å²) in [6.45, 7) is 0.785. The Labute approximate surface area is 142 Å². The van der Waals surface area contributed by atoms with E-state index in [4.69, 9.17) is 0 Å². The fourth-order valence-corrected chi connectivity index (χ4v) is 4.27. The average Bonchev–Trinajstić information content (AvgIpc) is 2.96. The molecule has 1 unspecified atom stereocenters. The third kappa shape index (κ3) is 3.89. The molecule has 24 heavy (non-hydrogen) atoms. The highest BCUT2D eigenvalue weighted by Crippen LogP contribution is 2.38. The first-order valence-electron chi connectivity index (χ1n) is 9.05. The van der Waals surface area contributed by atoms with Crippen molar-refractivity contribution in [3.63, 3.8) is 0 Å². The minimum atomic E-state index is -0.220. The molecule has 1 saturated carbocycles. The molecule has 2 aliphatic rings. The summed E-state index contributed by atoms with van der Waals surface area (Å²) in [6, 6.07) is 4.58. The van der Waals surface area contributed by atoms with Crippen molar-refractivity contribution in [2.75, 3.05) is 13.2 Å². The Balaban J connectivity index is 1.55. The van der Waals surface area contributed by atoms with E-state index in [0.29, 0.717) is 6.54 Å². The molecular formula is C19H27FN2O2. The predicted octanol–water partition coefficient (Wildman–Crippen LogP) is 3.45. The van der Waals surface area contributed by atoms with Crippen LogP contribution in [0, 0.1) is 11.2 Å². The van der Waals surface area contributed by atoms with Gasteiger partial charge in [0.05, 0.1) is 6.04 Å². The number of fused-ring (bicyclic) bond motifs is 1. The molecule has 0 radical (unpaired) electrons. The van der Waals surface area contributed by atoms with Gasteiger partial charge in [-0.25, -0.2) is 9.18 Å². The Morgan fingerprint density at radius 1 is 1.29 bits per heavy atom. The van der Waals surface area contributed by atoms with Crippen molar-refractivity contribution in [2.45, 2.75) is 57.4 Å². The van der Waals surface area contributed by atoms with Crippen molar-refractivity contribution in [3.8, 4) is 0 Å². The quantitative estimate of drug-likeness (QED) is 0.772. The number of aliphatic hydroxyl groups excluding tert-OH is 1. The Morgan fingerprint density at radius 3 is 2.83 bits per heavy atom. The van der Waals surface area contributed by atoms with Gasteiger partial charge in [0.2, 0.25) is 0 Å².